The standard InChI is InChI=1S/C18H23FN2O2/c1-12-9-14(11-15(19)10-12)18(23)21(16-3-4-16)17-5-7-20(8-6-17)13(2)22/h9-11,16-17H,3-8H2,1-2H3. The van der Waals surface area contributed by atoms with Gasteiger partial charge in [0, 0.05) is 37.7 Å². The summed E-state index contributed by atoms with van der Waals surface area (Å²) in [4.78, 5) is 28.2. The number of likely N-dealkylation sites (tertiary alicyclic amines) is 1. The fraction of sp³-hybridized carbons (Fsp3) is 0.556. The molecule has 1 saturated heterocycles. The molecule has 1 heterocycles. The summed E-state index contributed by atoms with van der Waals surface area (Å²) in [6.07, 6.45) is 3.64. The lowest BCUT2D eigenvalue weighted by Crippen LogP contribution is -2.49. The first-order valence-electron chi connectivity index (χ1n) is 8.31. The maximum atomic E-state index is 13.6. The van der Waals surface area contributed by atoms with Gasteiger partial charge in [0.25, 0.3) is 5.91 Å². The molecule has 2 amide bonds. The van der Waals surface area contributed by atoms with E-state index in [0.29, 0.717) is 18.7 Å². The van der Waals surface area contributed by atoms with Gasteiger partial charge >= 0.3 is 0 Å². The Kier molecular flexibility index (Phi) is 4.37. The number of amides is 2. The molecule has 1 aromatic rings. The van der Waals surface area contributed by atoms with E-state index in [-0.39, 0.29) is 29.7 Å². The number of aryl methyl sites for hydroxylation is 1. The molecule has 5 heteroatoms. The topological polar surface area (TPSA) is 40.6 Å². The number of hydrogen-bond donors (Lipinski definition) is 0. The molecule has 0 unspecified atom stereocenters. The minimum absolute atomic E-state index is 0.0728. The Bertz CT molecular complexity index is 599. The van der Waals surface area contributed by atoms with Crippen molar-refractivity contribution in [2.75, 3.05) is 13.1 Å². The second-order valence-electron chi connectivity index (χ2n) is 6.70. The van der Waals surface area contributed by atoms with Gasteiger partial charge in [0.2, 0.25) is 5.91 Å². The molecule has 0 atom stereocenters. The van der Waals surface area contributed by atoms with E-state index in [1.165, 1.54) is 12.1 Å². The Morgan fingerprint density at radius 3 is 2.22 bits per heavy atom. The molecular weight excluding hydrogens is 295 g/mol. The minimum atomic E-state index is -0.365. The molecule has 1 saturated carbocycles. The molecule has 4 nitrogen and oxygen atoms in total. The minimum Gasteiger partial charge on any atom is -0.343 e. The zero-order chi connectivity index (χ0) is 16.6. The highest BCUT2D eigenvalue weighted by atomic mass is 19.1. The quantitative estimate of drug-likeness (QED) is 0.860. The van der Waals surface area contributed by atoms with Crippen LogP contribution in [0.1, 0.15) is 48.5 Å². The number of carbonyl (C=O) groups excluding carboxylic acids is 2. The monoisotopic (exact) mass is 318 g/mol. The Hall–Kier alpha value is -1.91. The second-order valence-corrected chi connectivity index (χ2v) is 6.70. The molecule has 0 aromatic heterocycles. The van der Waals surface area contributed by atoms with Gasteiger partial charge in [-0.05, 0) is 56.4 Å². The number of nitrogens with zero attached hydrogens (tertiary/aromatic N) is 2. The molecule has 0 N–H and O–H groups in total. The van der Waals surface area contributed by atoms with Crippen molar-refractivity contribution in [2.24, 2.45) is 0 Å². The van der Waals surface area contributed by atoms with Gasteiger partial charge in [0.05, 0.1) is 0 Å². The number of rotatable bonds is 3. The Labute approximate surface area is 136 Å². The van der Waals surface area contributed by atoms with E-state index in [1.54, 1.807) is 19.9 Å². The largest absolute Gasteiger partial charge is 0.343 e. The van der Waals surface area contributed by atoms with Crippen molar-refractivity contribution in [1.29, 1.82) is 0 Å². The van der Waals surface area contributed by atoms with E-state index in [2.05, 4.69) is 0 Å². The highest BCUT2D eigenvalue weighted by molar-refractivity contribution is 5.95. The number of halogens is 1. The Balaban J connectivity index is 1.77. The molecule has 1 aliphatic heterocycles. The summed E-state index contributed by atoms with van der Waals surface area (Å²) in [5, 5.41) is 0. The van der Waals surface area contributed by atoms with Crippen LogP contribution in [-0.4, -0.2) is 46.8 Å². The van der Waals surface area contributed by atoms with Crippen molar-refractivity contribution in [1.82, 2.24) is 9.80 Å². The molecule has 23 heavy (non-hydrogen) atoms. The van der Waals surface area contributed by atoms with Crippen LogP contribution in [0.5, 0.6) is 0 Å². The van der Waals surface area contributed by atoms with Crippen LogP contribution in [0.2, 0.25) is 0 Å². The van der Waals surface area contributed by atoms with Crippen molar-refractivity contribution in [3.05, 3.63) is 35.1 Å². The van der Waals surface area contributed by atoms with Gasteiger partial charge in [-0.3, -0.25) is 9.59 Å². The Morgan fingerprint density at radius 2 is 1.70 bits per heavy atom. The van der Waals surface area contributed by atoms with Crippen LogP contribution in [0.4, 0.5) is 4.39 Å². The van der Waals surface area contributed by atoms with Gasteiger partial charge in [-0.1, -0.05) is 0 Å². The van der Waals surface area contributed by atoms with Crippen LogP contribution in [0.15, 0.2) is 18.2 Å². The van der Waals surface area contributed by atoms with Crippen molar-refractivity contribution in [2.45, 2.75) is 51.6 Å². The summed E-state index contributed by atoms with van der Waals surface area (Å²) < 4.78 is 13.6. The lowest BCUT2D eigenvalue weighted by Gasteiger charge is -2.38. The van der Waals surface area contributed by atoms with E-state index in [0.717, 1.165) is 31.2 Å². The third-order valence-corrected chi connectivity index (χ3v) is 4.77. The fourth-order valence-electron chi connectivity index (χ4n) is 3.45. The highest BCUT2D eigenvalue weighted by Gasteiger charge is 2.39. The predicted octanol–water partition coefficient (Wildman–Crippen LogP) is 2.75. The Morgan fingerprint density at radius 1 is 1.09 bits per heavy atom. The summed E-state index contributed by atoms with van der Waals surface area (Å²) in [5.74, 6) is -0.347. The summed E-state index contributed by atoms with van der Waals surface area (Å²) in [7, 11) is 0. The SMILES string of the molecule is CC(=O)N1CCC(N(C(=O)c2cc(C)cc(F)c2)C2CC2)CC1. The molecule has 0 bridgehead atoms. The van der Waals surface area contributed by atoms with Crippen LogP contribution in [0, 0.1) is 12.7 Å². The molecule has 124 valence electrons. The zero-order valence-corrected chi connectivity index (χ0v) is 13.7. The van der Waals surface area contributed by atoms with Gasteiger partial charge in [0.15, 0.2) is 0 Å². The fourth-order valence-corrected chi connectivity index (χ4v) is 3.45. The van der Waals surface area contributed by atoms with Gasteiger partial charge in [-0.15, -0.1) is 0 Å². The first kappa shape index (κ1) is 16.0. The van der Waals surface area contributed by atoms with Crippen LogP contribution in [-0.2, 0) is 4.79 Å². The zero-order valence-electron chi connectivity index (χ0n) is 13.7. The van der Waals surface area contributed by atoms with E-state index in [1.807, 2.05) is 9.80 Å². The van der Waals surface area contributed by atoms with Crippen LogP contribution >= 0.6 is 0 Å². The van der Waals surface area contributed by atoms with Gasteiger partial charge < -0.3 is 9.80 Å². The average molecular weight is 318 g/mol. The molecule has 2 fully saturated rings. The summed E-state index contributed by atoms with van der Waals surface area (Å²) in [6, 6.07) is 4.94. The van der Waals surface area contributed by atoms with E-state index >= 15 is 0 Å². The predicted molar refractivity (Wildman–Crippen MR) is 85.6 cm³/mol. The van der Waals surface area contributed by atoms with E-state index in [9.17, 15) is 14.0 Å². The van der Waals surface area contributed by atoms with Gasteiger partial charge in [-0.25, -0.2) is 4.39 Å². The molecule has 3 rings (SSSR count). The van der Waals surface area contributed by atoms with E-state index < -0.39 is 0 Å². The van der Waals surface area contributed by atoms with Gasteiger partial charge in [0.1, 0.15) is 5.82 Å². The molecule has 1 aliphatic carbocycles. The lowest BCUT2D eigenvalue weighted by atomic mass is 10.0. The van der Waals surface area contributed by atoms with Crippen LogP contribution < -0.4 is 0 Å². The van der Waals surface area contributed by atoms with Gasteiger partial charge in [-0.2, -0.15) is 0 Å². The molecule has 0 radical (unpaired) electrons. The molecular formula is C18H23FN2O2. The van der Waals surface area contributed by atoms with Crippen molar-refractivity contribution in [3.8, 4) is 0 Å². The molecule has 2 aliphatic rings. The highest BCUT2D eigenvalue weighted by Crippen LogP contribution is 2.33. The van der Waals surface area contributed by atoms with Crippen molar-refractivity contribution in [3.63, 3.8) is 0 Å². The van der Waals surface area contributed by atoms with Crippen LogP contribution in [0.25, 0.3) is 0 Å². The summed E-state index contributed by atoms with van der Waals surface area (Å²) in [6.45, 7) is 4.77. The van der Waals surface area contributed by atoms with Crippen molar-refractivity contribution < 1.29 is 14.0 Å². The number of hydrogen-bond acceptors (Lipinski definition) is 2. The number of benzene rings is 1. The maximum Gasteiger partial charge on any atom is 0.254 e. The smallest absolute Gasteiger partial charge is 0.254 e. The lowest BCUT2D eigenvalue weighted by molar-refractivity contribution is -0.130. The molecule has 0 spiro atoms. The average Bonchev–Trinajstić information content (AvgIpc) is 3.31. The van der Waals surface area contributed by atoms with Crippen molar-refractivity contribution >= 4 is 11.8 Å². The van der Waals surface area contributed by atoms with E-state index in [4.69, 9.17) is 0 Å². The number of carbonyl (C=O) groups is 2. The second kappa shape index (κ2) is 6.30. The number of piperidine rings is 1. The first-order valence-corrected chi connectivity index (χ1v) is 8.31. The first-order chi connectivity index (χ1) is 11.0. The third-order valence-electron chi connectivity index (χ3n) is 4.77. The van der Waals surface area contributed by atoms with Crippen LogP contribution in [0.3, 0.4) is 0 Å². The summed E-state index contributed by atoms with van der Waals surface area (Å²) >= 11 is 0. The maximum absolute atomic E-state index is 13.6. The molecule has 1 aromatic carbocycles. The normalized spacial score (nSPS) is 18.8. The summed E-state index contributed by atoms with van der Waals surface area (Å²) in [5.41, 5.74) is 1.19. The third kappa shape index (κ3) is 3.54.